The molecule has 2 aromatic carbocycles. The van der Waals surface area contributed by atoms with Gasteiger partial charge in [-0.15, -0.1) is 0 Å². The number of aromatic nitrogens is 1. The summed E-state index contributed by atoms with van der Waals surface area (Å²) in [6.45, 7) is 1.36. The van der Waals surface area contributed by atoms with Crippen LogP contribution in [0.2, 0.25) is 0 Å². The number of halogens is 3. The molecule has 12 heteroatoms. The number of para-hydroxylation sites is 1. The summed E-state index contributed by atoms with van der Waals surface area (Å²) in [5.74, 6) is -2.24. The van der Waals surface area contributed by atoms with E-state index in [0.29, 0.717) is 16.4 Å². The van der Waals surface area contributed by atoms with Gasteiger partial charge in [0.2, 0.25) is 0 Å². The number of nitrogens with one attached hydrogen (secondary N) is 1. The topological polar surface area (TPSA) is 101 Å². The fourth-order valence-electron chi connectivity index (χ4n) is 4.15. The predicted octanol–water partition coefficient (Wildman–Crippen LogP) is 4.37. The average Bonchev–Trinajstić information content (AvgIpc) is 3.35. The van der Waals surface area contributed by atoms with Crippen molar-refractivity contribution in [3.8, 4) is 5.75 Å². The van der Waals surface area contributed by atoms with E-state index < -0.39 is 30.3 Å². The van der Waals surface area contributed by atoms with Crippen LogP contribution in [0, 0.1) is 6.92 Å². The second kappa shape index (κ2) is 11.0. The lowest BCUT2D eigenvalue weighted by Crippen LogP contribution is -2.59. The van der Waals surface area contributed by atoms with Gasteiger partial charge in [0.1, 0.15) is 19.0 Å². The number of alkyl halides is 3. The Morgan fingerprint density at radius 3 is 2.57 bits per heavy atom. The number of anilines is 1. The van der Waals surface area contributed by atoms with Gasteiger partial charge in [0.25, 0.3) is 5.91 Å². The minimum Gasteiger partial charge on any atom is -0.489 e. The Bertz CT molecular complexity index is 1280. The van der Waals surface area contributed by atoms with Gasteiger partial charge in [-0.05, 0) is 49.1 Å². The number of aryl methyl sites for hydroxylation is 1. The zero-order valence-corrected chi connectivity index (χ0v) is 20.6. The molecule has 4 rings (SSSR count). The van der Waals surface area contributed by atoms with Crippen molar-refractivity contribution in [2.75, 3.05) is 23.0 Å². The number of thioether (sulfide) groups is 1. The fraction of sp³-hybridized carbons (Fsp3) is 0.320. The summed E-state index contributed by atoms with van der Waals surface area (Å²) in [4.78, 5) is 29.1. The second-order valence-corrected chi connectivity index (χ2v) is 9.54. The second-order valence-electron chi connectivity index (χ2n) is 8.43. The Labute approximate surface area is 214 Å². The van der Waals surface area contributed by atoms with Crippen LogP contribution in [-0.4, -0.2) is 52.0 Å². The van der Waals surface area contributed by atoms with Gasteiger partial charge >= 0.3 is 12.1 Å². The first-order valence-electron chi connectivity index (χ1n) is 11.3. The van der Waals surface area contributed by atoms with Crippen LogP contribution >= 0.6 is 11.8 Å². The summed E-state index contributed by atoms with van der Waals surface area (Å²) in [5.41, 5.74) is 2.14. The molecule has 3 aromatic rings. The van der Waals surface area contributed by atoms with Crippen molar-refractivity contribution in [2.45, 2.75) is 31.9 Å². The summed E-state index contributed by atoms with van der Waals surface area (Å²) in [5, 5.41) is 9.69. The van der Waals surface area contributed by atoms with Gasteiger partial charge in [0.15, 0.2) is 5.72 Å². The number of carbonyl (C=O) groups is 2. The van der Waals surface area contributed by atoms with Crippen molar-refractivity contribution >= 4 is 40.2 Å². The molecule has 8 nitrogen and oxygen atoms in total. The Kier molecular flexibility index (Phi) is 7.90. The van der Waals surface area contributed by atoms with E-state index >= 15 is 0 Å². The third-order valence-corrected chi connectivity index (χ3v) is 6.98. The van der Waals surface area contributed by atoms with E-state index in [0.717, 1.165) is 22.2 Å². The molecule has 1 fully saturated rings. The smallest absolute Gasteiger partial charge is 0.471 e. The van der Waals surface area contributed by atoms with E-state index in [2.05, 4.69) is 4.98 Å². The maximum absolute atomic E-state index is 13.6. The van der Waals surface area contributed by atoms with Crippen molar-refractivity contribution in [3.63, 3.8) is 0 Å². The summed E-state index contributed by atoms with van der Waals surface area (Å²) < 4.78 is 52.3. The van der Waals surface area contributed by atoms with E-state index in [1.54, 1.807) is 0 Å². The zero-order chi connectivity index (χ0) is 26.6. The molecule has 2 N–H and O–H groups in total. The molecule has 196 valence electrons. The Balaban J connectivity index is 1.59. The maximum Gasteiger partial charge on any atom is 0.471 e. The molecule has 1 aliphatic rings. The molecule has 37 heavy (non-hydrogen) atoms. The molecule has 1 saturated heterocycles. The SMILES string of the molecule is Cc1cc(COc2ccc(N(C(=O)C(F)(F)F)C3(OCC(=O)NO)CCSC3)cc2)c2ccccc2n1. The molecule has 0 aliphatic carbocycles. The molecule has 1 atom stereocenters. The van der Waals surface area contributed by atoms with Crippen molar-refractivity contribution < 1.29 is 37.4 Å². The molecule has 1 aromatic heterocycles. The number of hydrogen-bond donors (Lipinski definition) is 2. The number of ether oxygens (including phenoxy) is 2. The van der Waals surface area contributed by atoms with Crippen LogP contribution in [0.1, 0.15) is 17.7 Å². The highest BCUT2D eigenvalue weighted by molar-refractivity contribution is 7.99. The van der Waals surface area contributed by atoms with Gasteiger partial charge in [-0.1, -0.05) is 18.2 Å². The van der Waals surface area contributed by atoms with Gasteiger partial charge in [-0.3, -0.25) is 24.7 Å². The molecular weight excluding hydrogens is 511 g/mol. The molecule has 0 spiro atoms. The van der Waals surface area contributed by atoms with Crippen molar-refractivity contribution in [1.29, 1.82) is 0 Å². The third kappa shape index (κ3) is 5.97. The van der Waals surface area contributed by atoms with Crippen molar-refractivity contribution in [1.82, 2.24) is 10.5 Å². The lowest BCUT2D eigenvalue weighted by atomic mass is 10.1. The van der Waals surface area contributed by atoms with Crippen LogP contribution in [-0.2, 0) is 20.9 Å². The molecule has 2 amide bonds. The maximum atomic E-state index is 13.6. The largest absolute Gasteiger partial charge is 0.489 e. The minimum atomic E-state index is -5.18. The van der Waals surface area contributed by atoms with Crippen molar-refractivity contribution in [3.05, 3.63) is 65.9 Å². The van der Waals surface area contributed by atoms with Crippen LogP contribution in [0.5, 0.6) is 5.75 Å². The summed E-state index contributed by atoms with van der Waals surface area (Å²) >= 11 is 1.29. The number of hydroxylamine groups is 1. The van der Waals surface area contributed by atoms with E-state index in [1.165, 1.54) is 41.5 Å². The predicted molar refractivity (Wildman–Crippen MR) is 131 cm³/mol. The summed E-state index contributed by atoms with van der Waals surface area (Å²) in [6.07, 6.45) is -5.12. The Morgan fingerprint density at radius 2 is 1.92 bits per heavy atom. The number of fused-ring (bicyclic) bond motifs is 1. The molecular formula is C25H24F3N3O5S. The van der Waals surface area contributed by atoms with Crippen LogP contribution in [0.15, 0.2) is 54.6 Å². The first-order chi connectivity index (χ1) is 17.6. The van der Waals surface area contributed by atoms with Gasteiger partial charge in [0.05, 0.1) is 5.52 Å². The quantitative estimate of drug-likeness (QED) is 0.251. The number of nitrogens with zero attached hydrogens (tertiary/aromatic N) is 2. The Hall–Kier alpha value is -3.35. The average molecular weight is 536 g/mol. The summed E-state index contributed by atoms with van der Waals surface area (Å²) in [7, 11) is 0. The van der Waals surface area contributed by atoms with E-state index in [-0.39, 0.29) is 24.5 Å². The number of benzene rings is 2. The monoisotopic (exact) mass is 535 g/mol. The van der Waals surface area contributed by atoms with E-state index in [4.69, 9.17) is 14.7 Å². The van der Waals surface area contributed by atoms with Crippen LogP contribution < -0.4 is 15.1 Å². The van der Waals surface area contributed by atoms with Gasteiger partial charge in [0, 0.05) is 34.5 Å². The zero-order valence-electron chi connectivity index (χ0n) is 19.7. The first kappa shape index (κ1) is 26.7. The summed E-state index contributed by atoms with van der Waals surface area (Å²) in [6, 6.07) is 15.1. The third-order valence-electron chi connectivity index (χ3n) is 5.83. The Morgan fingerprint density at radius 1 is 1.19 bits per heavy atom. The van der Waals surface area contributed by atoms with E-state index in [1.807, 2.05) is 37.3 Å². The standard InChI is InChI=1S/C25H24F3N3O5S/c1-16-12-17(20-4-2-3-5-21(20)29-16)13-35-19-8-6-18(7-9-19)31(23(33)25(26,27)28)24(10-11-37-15-24)36-14-22(32)30-34/h2-9,12,34H,10-11,13-15H2,1H3,(H,30,32). The number of hydrogen-bond acceptors (Lipinski definition) is 7. The molecule has 0 bridgehead atoms. The van der Waals surface area contributed by atoms with Crippen LogP contribution in [0.4, 0.5) is 18.9 Å². The van der Waals surface area contributed by atoms with Gasteiger partial charge in [-0.25, -0.2) is 5.48 Å². The lowest BCUT2D eigenvalue weighted by Gasteiger charge is -2.40. The van der Waals surface area contributed by atoms with Gasteiger partial charge < -0.3 is 9.47 Å². The van der Waals surface area contributed by atoms with Crippen molar-refractivity contribution in [2.24, 2.45) is 0 Å². The molecule has 1 aliphatic heterocycles. The fourth-order valence-corrected chi connectivity index (χ4v) is 5.44. The highest BCUT2D eigenvalue weighted by Gasteiger charge is 2.53. The van der Waals surface area contributed by atoms with E-state index in [9.17, 15) is 22.8 Å². The first-order valence-corrected chi connectivity index (χ1v) is 12.4. The number of rotatable bonds is 8. The molecule has 0 saturated carbocycles. The normalized spacial score (nSPS) is 17.5. The van der Waals surface area contributed by atoms with Crippen LogP contribution in [0.25, 0.3) is 10.9 Å². The van der Waals surface area contributed by atoms with Crippen LogP contribution in [0.3, 0.4) is 0 Å². The van der Waals surface area contributed by atoms with Gasteiger partial charge in [-0.2, -0.15) is 24.9 Å². The highest BCUT2D eigenvalue weighted by atomic mass is 32.2. The highest BCUT2D eigenvalue weighted by Crippen LogP contribution is 2.40. The lowest BCUT2D eigenvalue weighted by molar-refractivity contribution is -0.176. The number of carbonyl (C=O) groups excluding carboxylic acids is 2. The minimum absolute atomic E-state index is 0.0141. The number of pyridine rings is 1. The molecule has 1 unspecified atom stereocenters. The molecule has 0 radical (unpaired) electrons. The number of amides is 2. The molecule has 2 heterocycles.